The van der Waals surface area contributed by atoms with Crippen molar-refractivity contribution in [2.24, 2.45) is 5.73 Å². The Morgan fingerprint density at radius 2 is 2.40 bits per heavy atom. The molecule has 86 valence electrons. The van der Waals surface area contributed by atoms with Crippen molar-refractivity contribution < 1.29 is 4.74 Å². The Kier molecular flexibility index (Phi) is 4.66. The molecule has 0 aliphatic heterocycles. The van der Waals surface area contributed by atoms with Crippen molar-refractivity contribution in [3.05, 3.63) is 16.6 Å². The van der Waals surface area contributed by atoms with Crippen molar-refractivity contribution in [3.63, 3.8) is 0 Å². The number of ether oxygens (including phenoxy) is 1. The van der Waals surface area contributed by atoms with Gasteiger partial charge in [0.25, 0.3) is 0 Å². The molecule has 1 aromatic rings. The lowest BCUT2D eigenvalue weighted by Gasteiger charge is -2.37. The lowest BCUT2D eigenvalue weighted by Crippen LogP contribution is -2.52. The SMILES string of the molecule is COCC(C)(CN)N(C)Cc1cscn1. The van der Waals surface area contributed by atoms with E-state index >= 15 is 0 Å². The normalized spacial score (nSPS) is 15.5. The van der Waals surface area contributed by atoms with Crippen LogP contribution in [0.4, 0.5) is 0 Å². The minimum absolute atomic E-state index is 0.127. The van der Waals surface area contributed by atoms with E-state index in [-0.39, 0.29) is 5.54 Å². The first-order chi connectivity index (χ1) is 7.12. The molecule has 1 aromatic heterocycles. The number of hydrogen-bond acceptors (Lipinski definition) is 5. The minimum atomic E-state index is -0.127. The Labute approximate surface area is 95.1 Å². The Bertz CT molecular complexity index is 278. The van der Waals surface area contributed by atoms with Crippen LogP contribution in [0.1, 0.15) is 12.6 Å². The summed E-state index contributed by atoms with van der Waals surface area (Å²) < 4.78 is 5.20. The molecule has 0 aliphatic carbocycles. The van der Waals surface area contributed by atoms with E-state index in [1.165, 1.54) is 0 Å². The zero-order valence-electron chi connectivity index (χ0n) is 9.56. The van der Waals surface area contributed by atoms with Gasteiger partial charge in [-0.05, 0) is 14.0 Å². The number of likely N-dealkylation sites (N-methyl/N-ethyl adjacent to an activating group) is 1. The van der Waals surface area contributed by atoms with Gasteiger partial charge in [-0.2, -0.15) is 0 Å². The van der Waals surface area contributed by atoms with Crippen LogP contribution in [0.2, 0.25) is 0 Å². The van der Waals surface area contributed by atoms with Gasteiger partial charge in [0, 0.05) is 25.6 Å². The third-order valence-electron chi connectivity index (χ3n) is 2.70. The van der Waals surface area contributed by atoms with Crippen molar-refractivity contribution in [2.75, 3.05) is 27.3 Å². The molecule has 0 saturated carbocycles. The van der Waals surface area contributed by atoms with Crippen LogP contribution in [0.5, 0.6) is 0 Å². The van der Waals surface area contributed by atoms with Crippen LogP contribution in [0.3, 0.4) is 0 Å². The summed E-state index contributed by atoms with van der Waals surface area (Å²) in [4.78, 5) is 6.45. The molecular weight excluding hydrogens is 210 g/mol. The van der Waals surface area contributed by atoms with E-state index < -0.39 is 0 Å². The van der Waals surface area contributed by atoms with Gasteiger partial charge in [-0.1, -0.05) is 0 Å². The summed E-state index contributed by atoms with van der Waals surface area (Å²) in [5.74, 6) is 0. The first kappa shape index (κ1) is 12.6. The van der Waals surface area contributed by atoms with Gasteiger partial charge < -0.3 is 10.5 Å². The fourth-order valence-corrected chi connectivity index (χ4v) is 1.93. The maximum absolute atomic E-state index is 5.78. The molecular formula is C10H19N3OS. The van der Waals surface area contributed by atoms with Crippen molar-refractivity contribution in [1.82, 2.24) is 9.88 Å². The Balaban J connectivity index is 2.60. The second kappa shape index (κ2) is 5.55. The number of methoxy groups -OCH3 is 1. The molecule has 0 radical (unpaired) electrons. The average Bonchev–Trinajstić information content (AvgIpc) is 2.70. The third-order valence-corrected chi connectivity index (χ3v) is 3.33. The molecule has 0 aromatic carbocycles. The van der Waals surface area contributed by atoms with Crippen LogP contribution < -0.4 is 5.73 Å². The van der Waals surface area contributed by atoms with E-state index in [1.807, 2.05) is 12.6 Å². The van der Waals surface area contributed by atoms with Crippen LogP contribution in [0.15, 0.2) is 10.9 Å². The molecule has 0 bridgehead atoms. The van der Waals surface area contributed by atoms with Gasteiger partial charge in [0.15, 0.2) is 0 Å². The highest BCUT2D eigenvalue weighted by molar-refractivity contribution is 7.07. The average molecular weight is 229 g/mol. The topological polar surface area (TPSA) is 51.4 Å². The predicted molar refractivity (Wildman–Crippen MR) is 62.9 cm³/mol. The first-order valence-corrected chi connectivity index (χ1v) is 5.84. The van der Waals surface area contributed by atoms with E-state index in [2.05, 4.69) is 22.2 Å². The van der Waals surface area contributed by atoms with Crippen molar-refractivity contribution in [2.45, 2.75) is 19.0 Å². The Morgan fingerprint density at radius 1 is 1.67 bits per heavy atom. The minimum Gasteiger partial charge on any atom is -0.383 e. The van der Waals surface area contributed by atoms with E-state index in [9.17, 15) is 0 Å². The third kappa shape index (κ3) is 3.24. The van der Waals surface area contributed by atoms with E-state index in [0.29, 0.717) is 13.2 Å². The van der Waals surface area contributed by atoms with Crippen molar-refractivity contribution in [3.8, 4) is 0 Å². The molecule has 1 rings (SSSR count). The number of nitrogens with zero attached hydrogens (tertiary/aromatic N) is 2. The standard InChI is InChI=1S/C10H19N3OS/c1-10(6-11,7-14-3)13(2)4-9-5-15-8-12-9/h5,8H,4,6-7,11H2,1-3H3. The highest BCUT2D eigenvalue weighted by Gasteiger charge is 2.27. The first-order valence-electron chi connectivity index (χ1n) is 4.89. The van der Waals surface area contributed by atoms with Gasteiger partial charge in [0.1, 0.15) is 0 Å². The zero-order chi connectivity index (χ0) is 11.3. The molecule has 0 fully saturated rings. The largest absolute Gasteiger partial charge is 0.383 e. The summed E-state index contributed by atoms with van der Waals surface area (Å²) in [6.45, 7) is 4.11. The van der Waals surface area contributed by atoms with Gasteiger partial charge in [0.05, 0.1) is 23.4 Å². The number of aromatic nitrogens is 1. The summed E-state index contributed by atoms with van der Waals surface area (Å²) in [6.07, 6.45) is 0. The van der Waals surface area contributed by atoms with Gasteiger partial charge in [-0.25, -0.2) is 4.98 Å². The van der Waals surface area contributed by atoms with Crippen LogP contribution in [0, 0.1) is 0 Å². The summed E-state index contributed by atoms with van der Waals surface area (Å²) >= 11 is 1.61. The molecule has 0 amide bonds. The number of nitrogens with two attached hydrogens (primary N) is 1. The van der Waals surface area contributed by atoms with Gasteiger partial charge in [0.2, 0.25) is 0 Å². The Hall–Kier alpha value is -0.490. The highest BCUT2D eigenvalue weighted by atomic mass is 32.1. The molecule has 0 spiro atoms. The molecule has 0 aliphatic rings. The van der Waals surface area contributed by atoms with Crippen LogP contribution in [-0.4, -0.2) is 42.7 Å². The molecule has 1 heterocycles. The van der Waals surface area contributed by atoms with Crippen LogP contribution in [-0.2, 0) is 11.3 Å². The van der Waals surface area contributed by atoms with E-state index in [1.54, 1.807) is 18.4 Å². The summed E-state index contributed by atoms with van der Waals surface area (Å²) in [6, 6.07) is 0. The van der Waals surface area contributed by atoms with Crippen molar-refractivity contribution in [1.29, 1.82) is 0 Å². The second-order valence-corrected chi connectivity index (χ2v) is 4.69. The zero-order valence-corrected chi connectivity index (χ0v) is 10.4. The van der Waals surface area contributed by atoms with Crippen LogP contribution >= 0.6 is 11.3 Å². The number of thiazole rings is 1. The summed E-state index contributed by atoms with van der Waals surface area (Å²) in [7, 11) is 3.75. The van der Waals surface area contributed by atoms with Gasteiger partial charge >= 0.3 is 0 Å². The quantitative estimate of drug-likeness (QED) is 0.788. The van der Waals surface area contributed by atoms with Gasteiger partial charge in [-0.3, -0.25) is 4.90 Å². The van der Waals surface area contributed by atoms with Crippen LogP contribution in [0.25, 0.3) is 0 Å². The summed E-state index contributed by atoms with van der Waals surface area (Å²) in [5.41, 5.74) is 8.59. The predicted octanol–water partition coefficient (Wildman–Crippen LogP) is 0.939. The summed E-state index contributed by atoms with van der Waals surface area (Å²) in [5, 5.41) is 2.06. The molecule has 15 heavy (non-hydrogen) atoms. The lowest BCUT2D eigenvalue weighted by atomic mass is 10.0. The molecule has 1 atom stereocenters. The lowest BCUT2D eigenvalue weighted by molar-refractivity contribution is 0.0385. The van der Waals surface area contributed by atoms with Gasteiger partial charge in [-0.15, -0.1) is 11.3 Å². The maximum Gasteiger partial charge on any atom is 0.0795 e. The molecule has 2 N–H and O–H groups in total. The smallest absolute Gasteiger partial charge is 0.0795 e. The van der Waals surface area contributed by atoms with E-state index in [4.69, 9.17) is 10.5 Å². The Morgan fingerprint density at radius 3 is 2.87 bits per heavy atom. The monoisotopic (exact) mass is 229 g/mol. The van der Waals surface area contributed by atoms with E-state index in [0.717, 1.165) is 12.2 Å². The molecule has 1 unspecified atom stereocenters. The molecule has 5 heteroatoms. The molecule has 0 saturated heterocycles. The fourth-order valence-electron chi connectivity index (χ4n) is 1.39. The van der Waals surface area contributed by atoms with Crippen molar-refractivity contribution >= 4 is 11.3 Å². The maximum atomic E-state index is 5.78. The highest BCUT2D eigenvalue weighted by Crippen LogP contribution is 2.15. The fraction of sp³-hybridized carbons (Fsp3) is 0.700. The molecule has 4 nitrogen and oxygen atoms in total. The number of rotatable bonds is 6. The second-order valence-electron chi connectivity index (χ2n) is 3.97. The number of hydrogen-bond donors (Lipinski definition) is 1.